The smallest absolute Gasteiger partial charge is 0.263 e. The first-order chi connectivity index (χ1) is 16.4. The van der Waals surface area contributed by atoms with Gasteiger partial charge < -0.3 is 11.1 Å². The topological polar surface area (TPSA) is 107 Å². The number of nitrogens with two attached hydrogens (primary N) is 1. The summed E-state index contributed by atoms with van der Waals surface area (Å²) >= 11 is 2.87. The molecule has 4 aromatic rings. The largest absolute Gasteiger partial charge is 0.365 e. The van der Waals surface area contributed by atoms with E-state index in [4.69, 9.17) is 5.73 Å². The standard InChI is InChI=1S/C25H24N4O3S2/c1-13(22(31)28-24-19(21(26)30)16-10-6-7-11-17(16)34-24)29-12-27-23-20(25(29)32)18(14(2)33-23)15-8-4-3-5-9-15/h3-5,8-9,12-13H,6-7,10-11H2,1-2H3,(H2,26,30)(H,28,31). The molecule has 1 atom stereocenters. The van der Waals surface area contributed by atoms with Gasteiger partial charge in [0.15, 0.2) is 0 Å². The Kier molecular flexibility index (Phi) is 5.83. The number of nitrogens with one attached hydrogen (secondary N) is 1. The zero-order chi connectivity index (χ0) is 24.0. The van der Waals surface area contributed by atoms with Crippen LogP contribution in [-0.4, -0.2) is 21.4 Å². The van der Waals surface area contributed by atoms with Crippen LogP contribution < -0.4 is 16.6 Å². The predicted molar refractivity (Wildman–Crippen MR) is 137 cm³/mol. The van der Waals surface area contributed by atoms with Crippen molar-refractivity contribution in [3.63, 3.8) is 0 Å². The molecule has 7 nitrogen and oxygen atoms in total. The molecule has 0 saturated carbocycles. The number of carbonyl (C=O) groups is 2. The summed E-state index contributed by atoms with van der Waals surface area (Å²) in [6.07, 6.45) is 5.15. The lowest BCUT2D eigenvalue weighted by Gasteiger charge is -2.15. The number of fused-ring (bicyclic) bond motifs is 2. The van der Waals surface area contributed by atoms with E-state index in [-0.39, 0.29) is 5.56 Å². The van der Waals surface area contributed by atoms with Crippen LogP contribution in [0.4, 0.5) is 5.00 Å². The Balaban J connectivity index is 1.52. The maximum Gasteiger partial charge on any atom is 0.263 e. The fourth-order valence-corrected chi connectivity index (χ4v) is 6.90. The van der Waals surface area contributed by atoms with E-state index in [0.29, 0.717) is 20.8 Å². The van der Waals surface area contributed by atoms with Crippen LogP contribution in [0.2, 0.25) is 0 Å². The molecule has 0 bridgehead atoms. The number of aryl methyl sites for hydroxylation is 2. The van der Waals surface area contributed by atoms with Gasteiger partial charge in [0, 0.05) is 15.3 Å². The van der Waals surface area contributed by atoms with Crippen molar-refractivity contribution in [1.82, 2.24) is 9.55 Å². The third-order valence-electron chi connectivity index (χ3n) is 6.33. The number of hydrogen-bond acceptors (Lipinski definition) is 6. The van der Waals surface area contributed by atoms with Crippen molar-refractivity contribution in [2.45, 2.75) is 45.6 Å². The van der Waals surface area contributed by atoms with E-state index in [0.717, 1.165) is 52.1 Å². The summed E-state index contributed by atoms with van der Waals surface area (Å²) in [6, 6.07) is 8.89. The lowest BCUT2D eigenvalue weighted by Crippen LogP contribution is -2.32. The Morgan fingerprint density at radius 2 is 1.88 bits per heavy atom. The molecule has 3 N–H and O–H groups in total. The van der Waals surface area contributed by atoms with Gasteiger partial charge in [0.1, 0.15) is 15.9 Å². The van der Waals surface area contributed by atoms with Crippen LogP contribution in [0.5, 0.6) is 0 Å². The Bertz CT molecular complexity index is 1480. The highest BCUT2D eigenvalue weighted by Gasteiger charge is 2.27. The summed E-state index contributed by atoms with van der Waals surface area (Å²) in [7, 11) is 0. The number of nitrogens with zero attached hydrogens (tertiary/aromatic N) is 2. The number of benzene rings is 1. The van der Waals surface area contributed by atoms with Crippen molar-refractivity contribution >= 4 is 49.7 Å². The van der Waals surface area contributed by atoms with Crippen LogP contribution >= 0.6 is 22.7 Å². The molecule has 9 heteroatoms. The summed E-state index contributed by atoms with van der Waals surface area (Å²) in [5, 5.41) is 3.85. The number of amides is 2. The first kappa shape index (κ1) is 22.5. The molecule has 0 fully saturated rings. The van der Waals surface area contributed by atoms with Crippen molar-refractivity contribution in [2.75, 3.05) is 5.32 Å². The van der Waals surface area contributed by atoms with Crippen LogP contribution in [-0.2, 0) is 17.6 Å². The second-order valence-electron chi connectivity index (χ2n) is 8.48. The molecule has 3 heterocycles. The van der Waals surface area contributed by atoms with Crippen molar-refractivity contribution in [1.29, 1.82) is 0 Å². The van der Waals surface area contributed by atoms with Gasteiger partial charge in [0.05, 0.1) is 17.3 Å². The molecule has 0 aliphatic heterocycles. The highest BCUT2D eigenvalue weighted by atomic mass is 32.1. The van der Waals surface area contributed by atoms with Crippen LogP contribution in [0.15, 0.2) is 41.5 Å². The monoisotopic (exact) mass is 492 g/mol. The number of hydrogen-bond donors (Lipinski definition) is 2. The Morgan fingerprint density at radius 1 is 1.15 bits per heavy atom. The molecule has 0 spiro atoms. The molecule has 0 radical (unpaired) electrons. The lowest BCUT2D eigenvalue weighted by atomic mass is 9.95. The van der Waals surface area contributed by atoms with Crippen LogP contribution in [0.1, 0.15) is 51.5 Å². The number of aromatic nitrogens is 2. The number of primary amides is 1. The Morgan fingerprint density at radius 3 is 2.62 bits per heavy atom. The predicted octanol–water partition coefficient (Wildman–Crippen LogP) is 4.67. The summed E-state index contributed by atoms with van der Waals surface area (Å²) < 4.78 is 1.35. The summed E-state index contributed by atoms with van der Waals surface area (Å²) in [5.74, 6) is -0.929. The molecule has 34 heavy (non-hydrogen) atoms. The summed E-state index contributed by atoms with van der Waals surface area (Å²) in [6.45, 7) is 3.63. The van der Waals surface area contributed by atoms with E-state index < -0.39 is 17.9 Å². The van der Waals surface area contributed by atoms with Crippen molar-refractivity contribution < 1.29 is 9.59 Å². The summed E-state index contributed by atoms with van der Waals surface area (Å²) in [5.41, 5.74) is 8.54. The van der Waals surface area contributed by atoms with Crippen LogP contribution in [0, 0.1) is 6.92 Å². The molecule has 3 aromatic heterocycles. The molecule has 2 amide bonds. The Hall–Kier alpha value is -3.30. The van der Waals surface area contributed by atoms with Gasteiger partial charge in [-0.2, -0.15) is 0 Å². The van der Waals surface area contributed by atoms with E-state index >= 15 is 0 Å². The van der Waals surface area contributed by atoms with Gasteiger partial charge in [-0.1, -0.05) is 30.3 Å². The van der Waals surface area contributed by atoms with Gasteiger partial charge in [-0.3, -0.25) is 19.0 Å². The lowest BCUT2D eigenvalue weighted by molar-refractivity contribution is -0.118. The normalized spacial score (nSPS) is 14.1. The minimum Gasteiger partial charge on any atom is -0.365 e. The average molecular weight is 493 g/mol. The molecular formula is C25H24N4O3S2. The maximum absolute atomic E-state index is 13.5. The minimum absolute atomic E-state index is 0.267. The van der Waals surface area contributed by atoms with E-state index in [1.54, 1.807) is 6.92 Å². The van der Waals surface area contributed by atoms with E-state index in [1.807, 2.05) is 37.3 Å². The second kappa shape index (κ2) is 8.81. The first-order valence-electron chi connectivity index (χ1n) is 11.2. The van der Waals surface area contributed by atoms with E-state index in [2.05, 4.69) is 10.3 Å². The van der Waals surface area contributed by atoms with Crippen molar-refractivity contribution in [3.8, 4) is 11.1 Å². The number of anilines is 1. The Labute approximate surface area is 204 Å². The first-order valence-corrected chi connectivity index (χ1v) is 12.8. The van der Waals surface area contributed by atoms with Gasteiger partial charge in [0.2, 0.25) is 5.91 Å². The average Bonchev–Trinajstić information content (AvgIpc) is 3.36. The van der Waals surface area contributed by atoms with E-state index in [1.165, 1.54) is 33.6 Å². The number of rotatable bonds is 5. The molecule has 0 saturated heterocycles. The van der Waals surface area contributed by atoms with Gasteiger partial charge >= 0.3 is 0 Å². The highest BCUT2D eigenvalue weighted by Crippen LogP contribution is 2.38. The van der Waals surface area contributed by atoms with E-state index in [9.17, 15) is 14.4 Å². The summed E-state index contributed by atoms with van der Waals surface area (Å²) in [4.78, 5) is 46.2. The number of thiophene rings is 2. The molecule has 5 rings (SSSR count). The number of carbonyl (C=O) groups excluding carboxylic acids is 2. The molecule has 1 aliphatic carbocycles. The maximum atomic E-state index is 13.5. The zero-order valence-electron chi connectivity index (χ0n) is 18.9. The van der Waals surface area contributed by atoms with Gasteiger partial charge in [-0.25, -0.2) is 4.98 Å². The molecular weight excluding hydrogens is 468 g/mol. The van der Waals surface area contributed by atoms with Gasteiger partial charge in [0.25, 0.3) is 11.5 Å². The van der Waals surface area contributed by atoms with Crippen LogP contribution in [0.3, 0.4) is 0 Å². The van der Waals surface area contributed by atoms with Gasteiger partial charge in [-0.15, -0.1) is 22.7 Å². The van der Waals surface area contributed by atoms with Gasteiger partial charge in [-0.05, 0) is 50.7 Å². The second-order valence-corrected chi connectivity index (χ2v) is 10.8. The quantitative estimate of drug-likeness (QED) is 0.422. The van der Waals surface area contributed by atoms with Crippen molar-refractivity contribution in [2.24, 2.45) is 5.73 Å². The third-order valence-corrected chi connectivity index (χ3v) is 8.55. The fraction of sp³-hybridized carbons (Fsp3) is 0.280. The molecule has 1 aliphatic rings. The molecule has 1 aromatic carbocycles. The fourth-order valence-electron chi connectivity index (χ4n) is 4.60. The zero-order valence-corrected chi connectivity index (χ0v) is 20.5. The molecule has 1 unspecified atom stereocenters. The highest BCUT2D eigenvalue weighted by molar-refractivity contribution is 7.19. The molecule has 174 valence electrons. The van der Waals surface area contributed by atoms with Crippen molar-refractivity contribution in [3.05, 3.63) is 67.9 Å². The van der Waals surface area contributed by atoms with Crippen LogP contribution in [0.25, 0.3) is 21.3 Å². The SMILES string of the molecule is Cc1sc2ncn(C(C)C(=O)Nc3sc4c(c3C(N)=O)CCCC4)c(=O)c2c1-c1ccccc1. The minimum atomic E-state index is -0.826. The third kappa shape index (κ3) is 3.74.